The number of rotatable bonds is 7. The second-order valence-corrected chi connectivity index (χ2v) is 7.19. The molecule has 7 heteroatoms. The molecule has 0 bridgehead atoms. The van der Waals surface area contributed by atoms with Crippen molar-refractivity contribution in [3.05, 3.63) is 59.7 Å². The van der Waals surface area contributed by atoms with Gasteiger partial charge < -0.3 is 30.4 Å². The molecule has 7 nitrogen and oxygen atoms in total. The maximum Gasteiger partial charge on any atom is 0.228 e. The van der Waals surface area contributed by atoms with E-state index in [9.17, 15) is 24.6 Å². The number of aromatic carboxylic acids is 1. The zero-order valence-electron chi connectivity index (χ0n) is 15.9. The lowest BCUT2D eigenvalue weighted by molar-refractivity contribution is -0.313. The molecule has 3 rings (SSSR count). The first-order valence-electron chi connectivity index (χ1n) is 9.60. The van der Waals surface area contributed by atoms with Gasteiger partial charge in [0.05, 0.1) is 17.3 Å². The number of carbonyl (C=O) groups excluding carboxylic acids is 3. The molecule has 1 amide bonds. The second-order valence-electron chi connectivity index (χ2n) is 7.19. The van der Waals surface area contributed by atoms with Crippen LogP contribution in [-0.4, -0.2) is 17.8 Å². The number of hydrogen-bond donors (Lipinski definition) is 2. The Kier molecular flexibility index (Phi) is 6.49. The molecule has 2 atom stereocenters. The van der Waals surface area contributed by atoms with Crippen LogP contribution in [0.3, 0.4) is 0 Å². The highest BCUT2D eigenvalue weighted by Crippen LogP contribution is 2.32. The average molecular weight is 394 g/mol. The van der Waals surface area contributed by atoms with Gasteiger partial charge in [-0.2, -0.15) is 0 Å². The van der Waals surface area contributed by atoms with Crippen molar-refractivity contribution >= 4 is 29.2 Å². The number of carbonyl (C=O) groups is 3. The van der Waals surface area contributed by atoms with Crippen LogP contribution in [0.15, 0.2) is 48.5 Å². The topological polar surface area (TPSA) is 121 Å². The minimum absolute atomic E-state index is 0.0781. The van der Waals surface area contributed by atoms with Crippen LogP contribution in [0.2, 0.25) is 0 Å². The van der Waals surface area contributed by atoms with Gasteiger partial charge in [0, 0.05) is 24.3 Å². The normalized spacial score (nSPS) is 18.6. The molecular weight excluding hydrogens is 372 g/mol. The van der Waals surface area contributed by atoms with Gasteiger partial charge in [0.25, 0.3) is 0 Å². The van der Waals surface area contributed by atoms with Crippen LogP contribution < -0.4 is 20.8 Å². The maximum absolute atomic E-state index is 12.8. The molecule has 0 saturated heterocycles. The van der Waals surface area contributed by atoms with Crippen LogP contribution in [-0.2, 0) is 16.1 Å². The molecule has 1 saturated carbocycles. The van der Waals surface area contributed by atoms with Gasteiger partial charge >= 0.3 is 0 Å². The van der Waals surface area contributed by atoms with Gasteiger partial charge in [0.1, 0.15) is 0 Å². The van der Waals surface area contributed by atoms with Gasteiger partial charge in [-0.15, -0.1) is 0 Å². The minimum Gasteiger partial charge on any atom is -0.550 e. The van der Waals surface area contributed by atoms with Gasteiger partial charge in [0.2, 0.25) is 5.91 Å². The number of carboxylic acid groups (broad SMARTS) is 2. The molecule has 0 heterocycles. The van der Waals surface area contributed by atoms with Gasteiger partial charge in [-0.3, -0.25) is 4.79 Å². The average Bonchev–Trinajstić information content (AvgIpc) is 2.73. The van der Waals surface area contributed by atoms with Gasteiger partial charge in [-0.1, -0.05) is 49.2 Å². The van der Waals surface area contributed by atoms with E-state index < -0.39 is 29.7 Å². The molecule has 2 aromatic carbocycles. The highest BCUT2D eigenvalue weighted by Gasteiger charge is 2.32. The Morgan fingerprint density at radius 2 is 1.59 bits per heavy atom. The predicted octanol–water partition coefficient (Wildman–Crippen LogP) is 1.16. The largest absolute Gasteiger partial charge is 0.550 e. The molecule has 1 aliphatic carbocycles. The zero-order chi connectivity index (χ0) is 20.8. The first-order chi connectivity index (χ1) is 14.0. The monoisotopic (exact) mass is 394 g/mol. The Balaban J connectivity index is 1.81. The quantitative estimate of drug-likeness (QED) is 0.727. The molecule has 0 spiro atoms. The molecule has 1 aliphatic rings. The molecule has 0 aromatic heterocycles. The van der Waals surface area contributed by atoms with Gasteiger partial charge in [-0.05, 0) is 36.1 Å². The highest BCUT2D eigenvalue weighted by atomic mass is 16.4. The van der Waals surface area contributed by atoms with E-state index in [0.717, 1.165) is 18.4 Å². The summed E-state index contributed by atoms with van der Waals surface area (Å²) in [5.41, 5.74) is 1.74. The van der Waals surface area contributed by atoms with Crippen molar-refractivity contribution in [3.63, 3.8) is 0 Å². The first-order valence-corrected chi connectivity index (χ1v) is 9.60. The Morgan fingerprint density at radius 3 is 2.24 bits per heavy atom. The Bertz CT molecular complexity index is 897. The summed E-state index contributed by atoms with van der Waals surface area (Å²) in [6, 6.07) is 13.9. The molecule has 152 valence electrons. The van der Waals surface area contributed by atoms with Crippen molar-refractivity contribution in [1.29, 1.82) is 0 Å². The Labute approximate surface area is 168 Å². The number of aliphatic carboxylic acids is 1. The number of benzene rings is 2. The van der Waals surface area contributed by atoms with Gasteiger partial charge in [-0.25, -0.2) is 0 Å². The van der Waals surface area contributed by atoms with E-state index in [1.807, 2.05) is 30.3 Å². The molecular formula is C22H22N2O5-2. The summed E-state index contributed by atoms with van der Waals surface area (Å²) in [6.45, 7) is 0.472. The van der Waals surface area contributed by atoms with Crippen LogP contribution in [0.1, 0.15) is 41.6 Å². The van der Waals surface area contributed by atoms with Crippen molar-refractivity contribution in [2.45, 2.75) is 32.2 Å². The molecule has 2 N–H and O–H groups in total. The van der Waals surface area contributed by atoms with Gasteiger partial charge in [0.15, 0.2) is 0 Å². The molecule has 29 heavy (non-hydrogen) atoms. The van der Waals surface area contributed by atoms with E-state index in [-0.39, 0.29) is 11.3 Å². The lowest BCUT2D eigenvalue weighted by Crippen LogP contribution is -2.42. The summed E-state index contributed by atoms with van der Waals surface area (Å²) in [4.78, 5) is 35.4. The number of hydrogen-bond acceptors (Lipinski definition) is 6. The summed E-state index contributed by atoms with van der Waals surface area (Å²) in [7, 11) is 0. The van der Waals surface area contributed by atoms with Crippen molar-refractivity contribution in [2.24, 2.45) is 11.8 Å². The highest BCUT2D eigenvalue weighted by molar-refractivity contribution is 5.99. The summed E-state index contributed by atoms with van der Waals surface area (Å²) >= 11 is 0. The van der Waals surface area contributed by atoms with E-state index in [1.54, 1.807) is 6.07 Å². The molecule has 1 fully saturated rings. The summed E-state index contributed by atoms with van der Waals surface area (Å²) in [5.74, 6) is -4.58. The smallest absolute Gasteiger partial charge is 0.228 e. The summed E-state index contributed by atoms with van der Waals surface area (Å²) < 4.78 is 0. The maximum atomic E-state index is 12.8. The van der Waals surface area contributed by atoms with Crippen LogP contribution in [0.5, 0.6) is 0 Å². The number of anilines is 2. The zero-order valence-corrected chi connectivity index (χ0v) is 15.9. The fraction of sp³-hybridized carbons (Fsp3) is 0.318. The first kappa shape index (κ1) is 20.4. The third kappa shape index (κ3) is 5.13. The Morgan fingerprint density at radius 1 is 0.897 bits per heavy atom. The fourth-order valence-electron chi connectivity index (χ4n) is 3.67. The van der Waals surface area contributed by atoms with E-state index in [0.29, 0.717) is 25.1 Å². The van der Waals surface area contributed by atoms with Crippen molar-refractivity contribution in [2.75, 3.05) is 10.6 Å². The number of amides is 1. The number of nitrogens with one attached hydrogen (secondary N) is 2. The van der Waals surface area contributed by atoms with Crippen LogP contribution in [0.4, 0.5) is 11.4 Å². The van der Waals surface area contributed by atoms with E-state index in [1.165, 1.54) is 12.1 Å². The fourth-order valence-corrected chi connectivity index (χ4v) is 3.67. The van der Waals surface area contributed by atoms with Crippen molar-refractivity contribution in [3.8, 4) is 0 Å². The van der Waals surface area contributed by atoms with Crippen molar-refractivity contribution < 1.29 is 24.6 Å². The predicted molar refractivity (Wildman–Crippen MR) is 104 cm³/mol. The molecule has 0 aliphatic heterocycles. The third-order valence-electron chi connectivity index (χ3n) is 5.24. The van der Waals surface area contributed by atoms with Crippen LogP contribution in [0.25, 0.3) is 0 Å². The molecule has 0 radical (unpaired) electrons. The van der Waals surface area contributed by atoms with Crippen molar-refractivity contribution in [1.82, 2.24) is 0 Å². The SMILES string of the molecule is O=C([O-])c1ccc(NCc2ccccc2)c(NC(=O)[C@H]2CCCC[C@H]2C(=O)[O-])c1. The lowest BCUT2D eigenvalue weighted by Gasteiger charge is -2.31. The summed E-state index contributed by atoms with van der Waals surface area (Å²) in [6.07, 6.45) is 2.36. The Hall–Kier alpha value is -3.35. The number of carboxylic acids is 2. The third-order valence-corrected chi connectivity index (χ3v) is 5.24. The van der Waals surface area contributed by atoms with Crippen LogP contribution in [0, 0.1) is 11.8 Å². The molecule has 2 aromatic rings. The second kappa shape index (κ2) is 9.23. The minimum atomic E-state index is -1.36. The summed E-state index contributed by atoms with van der Waals surface area (Å²) in [5, 5.41) is 28.5. The van der Waals surface area contributed by atoms with Crippen LogP contribution >= 0.6 is 0 Å². The van der Waals surface area contributed by atoms with E-state index in [2.05, 4.69) is 10.6 Å². The molecule has 0 unspecified atom stereocenters. The van der Waals surface area contributed by atoms with E-state index >= 15 is 0 Å². The standard InChI is InChI=1S/C22H24N2O5/c25-20(16-8-4-5-9-17(16)22(28)29)24-19-12-15(21(26)27)10-11-18(19)23-13-14-6-2-1-3-7-14/h1-3,6-7,10-12,16-17,23H,4-5,8-9,13H2,(H,24,25)(H,26,27)(H,28,29)/p-2/t16-,17+/m0/s1. The van der Waals surface area contributed by atoms with E-state index in [4.69, 9.17) is 0 Å². The lowest BCUT2D eigenvalue weighted by atomic mass is 9.78.